The van der Waals surface area contributed by atoms with E-state index in [-0.39, 0.29) is 18.4 Å². The van der Waals surface area contributed by atoms with E-state index in [0.29, 0.717) is 17.7 Å². The van der Waals surface area contributed by atoms with Crippen LogP contribution >= 0.6 is 22.7 Å². The molecular formula is C13H15NO3S2. The lowest BCUT2D eigenvalue weighted by molar-refractivity contribution is -0.137. The van der Waals surface area contributed by atoms with Crippen LogP contribution in [0.3, 0.4) is 0 Å². The molecule has 0 radical (unpaired) electrons. The van der Waals surface area contributed by atoms with Crippen LogP contribution in [0, 0.1) is 0 Å². The third-order valence-electron chi connectivity index (χ3n) is 2.77. The predicted molar refractivity (Wildman–Crippen MR) is 78.1 cm³/mol. The van der Waals surface area contributed by atoms with Crippen LogP contribution in [0.5, 0.6) is 0 Å². The first-order valence-electron chi connectivity index (χ1n) is 6.06. The molecule has 2 N–H and O–H groups in total. The molecule has 102 valence electrons. The van der Waals surface area contributed by atoms with Gasteiger partial charge >= 0.3 is 5.97 Å². The molecule has 0 aliphatic heterocycles. The Labute approximate surface area is 119 Å². The first-order valence-corrected chi connectivity index (χ1v) is 7.75. The number of hydrogen-bond donors (Lipinski definition) is 2. The van der Waals surface area contributed by atoms with E-state index in [9.17, 15) is 9.59 Å². The fraction of sp³-hybridized carbons (Fsp3) is 0.385. The Hall–Kier alpha value is -1.40. The quantitative estimate of drug-likeness (QED) is 0.859. The zero-order valence-electron chi connectivity index (χ0n) is 10.5. The highest BCUT2D eigenvalue weighted by Crippen LogP contribution is 2.29. The molecule has 2 rings (SSSR count). The van der Waals surface area contributed by atoms with Crippen LogP contribution in [-0.4, -0.2) is 23.0 Å². The van der Waals surface area contributed by atoms with E-state index < -0.39 is 5.97 Å². The summed E-state index contributed by atoms with van der Waals surface area (Å²) in [6.45, 7) is 1.90. The van der Waals surface area contributed by atoms with Crippen molar-refractivity contribution in [1.29, 1.82) is 0 Å². The van der Waals surface area contributed by atoms with Crippen molar-refractivity contribution in [3.8, 4) is 0 Å². The van der Waals surface area contributed by atoms with Gasteiger partial charge in [-0.05, 0) is 37.3 Å². The summed E-state index contributed by atoms with van der Waals surface area (Å²) in [4.78, 5) is 23.1. The van der Waals surface area contributed by atoms with Crippen molar-refractivity contribution in [3.63, 3.8) is 0 Å². The van der Waals surface area contributed by atoms with Gasteiger partial charge in [-0.2, -0.15) is 0 Å². The largest absolute Gasteiger partial charge is 0.481 e. The van der Waals surface area contributed by atoms with E-state index in [1.807, 2.05) is 24.4 Å². The minimum absolute atomic E-state index is 0.00742. The fourth-order valence-corrected chi connectivity index (χ4v) is 3.82. The maximum atomic E-state index is 12.0. The molecule has 0 saturated carbocycles. The van der Waals surface area contributed by atoms with Crippen LogP contribution < -0.4 is 5.32 Å². The number of thiophene rings is 2. The lowest BCUT2D eigenvalue weighted by Gasteiger charge is -2.12. The molecule has 0 aliphatic rings. The summed E-state index contributed by atoms with van der Waals surface area (Å²) in [6.07, 6.45) is 1.41. The SMILES string of the molecule is CC(CCCC(=O)O)NC(=O)c1cc2sccc2s1. The predicted octanol–water partition coefficient (Wildman–Crippen LogP) is 3.34. The summed E-state index contributed by atoms with van der Waals surface area (Å²) < 4.78 is 2.27. The maximum Gasteiger partial charge on any atom is 0.303 e. The Morgan fingerprint density at radius 3 is 2.89 bits per heavy atom. The molecule has 0 saturated heterocycles. The van der Waals surface area contributed by atoms with Gasteiger partial charge in [0.25, 0.3) is 5.91 Å². The summed E-state index contributed by atoms with van der Waals surface area (Å²) in [5.74, 6) is -0.867. The normalized spacial score (nSPS) is 12.5. The Morgan fingerprint density at radius 1 is 1.42 bits per heavy atom. The number of carbonyl (C=O) groups is 2. The van der Waals surface area contributed by atoms with Crippen molar-refractivity contribution < 1.29 is 14.7 Å². The van der Waals surface area contributed by atoms with E-state index >= 15 is 0 Å². The molecule has 6 heteroatoms. The highest BCUT2D eigenvalue weighted by atomic mass is 32.1. The molecule has 1 atom stereocenters. The highest BCUT2D eigenvalue weighted by molar-refractivity contribution is 7.27. The molecule has 0 aromatic carbocycles. The van der Waals surface area contributed by atoms with Gasteiger partial charge in [0.15, 0.2) is 0 Å². The average molecular weight is 297 g/mol. The second-order valence-electron chi connectivity index (χ2n) is 4.42. The lowest BCUT2D eigenvalue weighted by atomic mass is 10.1. The van der Waals surface area contributed by atoms with E-state index in [1.54, 1.807) is 11.3 Å². The molecule has 2 aromatic heterocycles. The zero-order valence-corrected chi connectivity index (χ0v) is 12.1. The summed E-state index contributed by atoms with van der Waals surface area (Å²) in [5, 5.41) is 13.5. The molecule has 4 nitrogen and oxygen atoms in total. The van der Waals surface area contributed by atoms with Gasteiger partial charge in [0, 0.05) is 21.9 Å². The second kappa shape index (κ2) is 6.16. The van der Waals surface area contributed by atoms with Crippen molar-refractivity contribution in [2.45, 2.75) is 32.2 Å². The number of carbonyl (C=O) groups excluding carboxylic acids is 1. The van der Waals surface area contributed by atoms with Crippen LogP contribution in [0.15, 0.2) is 17.5 Å². The van der Waals surface area contributed by atoms with Crippen LogP contribution in [0.2, 0.25) is 0 Å². The first-order chi connectivity index (χ1) is 9.06. The number of carboxylic acid groups (broad SMARTS) is 1. The number of rotatable bonds is 6. The van der Waals surface area contributed by atoms with E-state index in [0.717, 1.165) is 9.40 Å². The number of carboxylic acids is 1. The second-order valence-corrected chi connectivity index (χ2v) is 6.45. The first kappa shape index (κ1) is 14.0. The highest BCUT2D eigenvalue weighted by Gasteiger charge is 2.13. The maximum absolute atomic E-state index is 12.0. The van der Waals surface area contributed by atoms with Gasteiger partial charge in [0.1, 0.15) is 0 Å². The fourth-order valence-electron chi connectivity index (χ4n) is 1.80. The molecule has 2 heterocycles. The smallest absolute Gasteiger partial charge is 0.303 e. The number of hydrogen-bond acceptors (Lipinski definition) is 4. The van der Waals surface area contributed by atoms with Gasteiger partial charge in [-0.15, -0.1) is 22.7 Å². The van der Waals surface area contributed by atoms with Crippen molar-refractivity contribution in [3.05, 3.63) is 22.4 Å². The average Bonchev–Trinajstić information content (AvgIpc) is 2.87. The molecule has 0 aliphatic carbocycles. The van der Waals surface area contributed by atoms with E-state index in [4.69, 9.17) is 5.11 Å². The lowest BCUT2D eigenvalue weighted by Crippen LogP contribution is -2.32. The van der Waals surface area contributed by atoms with Crippen LogP contribution in [-0.2, 0) is 4.79 Å². The van der Waals surface area contributed by atoms with Crippen molar-refractivity contribution in [1.82, 2.24) is 5.32 Å². The minimum atomic E-state index is -0.794. The Kier molecular flexibility index (Phi) is 4.55. The molecular weight excluding hydrogens is 282 g/mol. The molecule has 0 fully saturated rings. The van der Waals surface area contributed by atoms with Crippen molar-refractivity contribution >= 4 is 43.9 Å². The zero-order chi connectivity index (χ0) is 13.8. The van der Waals surface area contributed by atoms with Gasteiger partial charge in [-0.3, -0.25) is 9.59 Å². The van der Waals surface area contributed by atoms with Crippen LogP contribution in [0.1, 0.15) is 35.9 Å². The Morgan fingerprint density at radius 2 is 2.21 bits per heavy atom. The number of fused-ring (bicyclic) bond motifs is 1. The minimum Gasteiger partial charge on any atom is -0.481 e. The summed E-state index contributed by atoms with van der Waals surface area (Å²) >= 11 is 3.11. The van der Waals surface area contributed by atoms with Crippen LogP contribution in [0.4, 0.5) is 0 Å². The monoisotopic (exact) mass is 297 g/mol. The molecule has 19 heavy (non-hydrogen) atoms. The Balaban J connectivity index is 1.86. The van der Waals surface area contributed by atoms with Crippen LogP contribution in [0.25, 0.3) is 9.40 Å². The molecule has 0 spiro atoms. The third-order valence-corrected chi connectivity index (χ3v) is 4.86. The Bertz CT molecular complexity index is 559. The number of nitrogens with one attached hydrogen (secondary N) is 1. The molecule has 2 aromatic rings. The van der Waals surface area contributed by atoms with Crippen molar-refractivity contribution in [2.24, 2.45) is 0 Å². The number of amides is 1. The summed E-state index contributed by atoms with van der Waals surface area (Å²) in [7, 11) is 0. The standard InChI is InChI=1S/C13H15NO3S2/c1-8(3-2-4-12(15)16)14-13(17)11-7-10-9(19-11)5-6-18-10/h5-8H,2-4H2,1H3,(H,14,17)(H,15,16). The number of aliphatic carboxylic acids is 1. The molecule has 1 amide bonds. The van der Waals surface area contributed by atoms with Gasteiger partial charge in [0.05, 0.1) is 4.88 Å². The molecule has 1 unspecified atom stereocenters. The van der Waals surface area contributed by atoms with E-state index in [1.165, 1.54) is 11.3 Å². The summed E-state index contributed by atoms with van der Waals surface area (Å²) in [6, 6.07) is 3.91. The van der Waals surface area contributed by atoms with Gasteiger partial charge < -0.3 is 10.4 Å². The van der Waals surface area contributed by atoms with Gasteiger partial charge in [-0.1, -0.05) is 0 Å². The third kappa shape index (κ3) is 3.78. The molecule has 0 bridgehead atoms. The topological polar surface area (TPSA) is 66.4 Å². The van der Waals surface area contributed by atoms with Crippen molar-refractivity contribution in [2.75, 3.05) is 0 Å². The summed E-state index contributed by atoms with van der Waals surface area (Å²) in [5.41, 5.74) is 0. The van der Waals surface area contributed by atoms with E-state index in [2.05, 4.69) is 5.32 Å². The van der Waals surface area contributed by atoms with Gasteiger partial charge in [0.2, 0.25) is 0 Å². The van der Waals surface area contributed by atoms with Gasteiger partial charge in [-0.25, -0.2) is 0 Å².